The molecule has 0 aromatic heterocycles. The Bertz CT molecular complexity index is 1050. The molecule has 1 aliphatic carbocycles. The normalized spacial score (nSPS) is 11.3. The summed E-state index contributed by atoms with van der Waals surface area (Å²) >= 11 is 0. The minimum Gasteiger partial charge on any atom is -0.493 e. The van der Waals surface area contributed by atoms with Gasteiger partial charge in [-0.05, 0) is 49.6 Å². The Hall–Kier alpha value is -3.28. The number of hydrogen-bond acceptors (Lipinski definition) is 4. The van der Waals surface area contributed by atoms with Crippen LogP contribution < -0.4 is 19.5 Å². The van der Waals surface area contributed by atoms with Gasteiger partial charge in [-0.2, -0.15) is 0 Å². The van der Waals surface area contributed by atoms with Gasteiger partial charge in [-0.3, -0.25) is 10.2 Å². The number of ether oxygens (including phenoxy) is 3. The van der Waals surface area contributed by atoms with Crippen LogP contribution in [0.15, 0.2) is 42.5 Å². The maximum Gasteiger partial charge on any atom is 0.161 e. The Kier molecular flexibility index (Phi) is 4.32. The van der Waals surface area contributed by atoms with Crippen molar-refractivity contribution < 1.29 is 14.2 Å². The van der Waals surface area contributed by atoms with Crippen LogP contribution in [-0.4, -0.2) is 30.5 Å². The predicted octanol–water partition coefficient (Wildman–Crippen LogP) is 5.15. The lowest BCUT2D eigenvalue weighted by Gasteiger charge is -2.11. The number of aromatic nitrogens is 2. The Morgan fingerprint density at radius 1 is 0.926 bits per heavy atom. The first-order valence-electron chi connectivity index (χ1n) is 8.87. The van der Waals surface area contributed by atoms with Gasteiger partial charge in [-0.25, -0.2) is 0 Å². The predicted molar refractivity (Wildman–Crippen MR) is 108 cm³/mol. The van der Waals surface area contributed by atoms with E-state index in [1.54, 1.807) is 14.2 Å². The van der Waals surface area contributed by atoms with Crippen molar-refractivity contribution in [2.75, 3.05) is 19.5 Å². The SMILES string of the molecule is COc1cc2cc3c(Nc4cccc(OC(C)C)c4)[nH][nH]c-3c2cc1OC. The first-order chi connectivity index (χ1) is 13.1. The van der Waals surface area contributed by atoms with Crippen LogP contribution >= 0.6 is 0 Å². The second kappa shape index (κ2) is 6.79. The maximum atomic E-state index is 5.77. The van der Waals surface area contributed by atoms with Crippen molar-refractivity contribution in [1.82, 2.24) is 10.2 Å². The van der Waals surface area contributed by atoms with Crippen LogP contribution in [0, 0.1) is 0 Å². The van der Waals surface area contributed by atoms with Crippen molar-refractivity contribution in [3.8, 4) is 28.5 Å². The number of rotatable bonds is 6. The largest absolute Gasteiger partial charge is 0.493 e. The van der Waals surface area contributed by atoms with E-state index in [1.165, 1.54) is 0 Å². The lowest BCUT2D eigenvalue weighted by atomic mass is 10.2. The fraction of sp³-hybridized carbons (Fsp3) is 0.238. The molecule has 2 aliphatic rings. The molecule has 0 spiro atoms. The van der Waals surface area contributed by atoms with Gasteiger partial charge in [0.05, 0.1) is 26.0 Å². The van der Waals surface area contributed by atoms with Crippen molar-refractivity contribution in [1.29, 1.82) is 0 Å². The van der Waals surface area contributed by atoms with Crippen LogP contribution in [0.2, 0.25) is 0 Å². The molecule has 27 heavy (non-hydrogen) atoms. The molecule has 0 radical (unpaired) electrons. The fourth-order valence-corrected chi connectivity index (χ4v) is 3.29. The van der Waals surface area contributed by atoms with E-state index in [2.05, 4.69) is 21.6 Å². The third-order valence-corrected chi connectivity index (χ3v) is 4.45. The monoisotopic (exact) mass is 365 g/mol. The van der Waals surface area contributed by atoms with Crippen LogP contribution in [0.5, 0.6) is 17.2 Å². The minimum absolute atomic E-state index is 0.135. The zero-order valence-electron chi connectivity index (χ0n) is 15.8. The van der Waals surface area contributed by atoms with Gasteiger partial charge in [-0.15, -0.1) is 0 Å². The lowest BCUT2D eigenvalue weighted by Crippen LogP contribution is -2.05. The summed E-state index contributed by atoms with van der Waals surface area (Å²) in [6, 6.07) is 14.0. The van der Waals surface area contributed by atoms with E-state index in [1.807, 2.05) is 50.2 Å². The van der Waals surface area contributed by atoms with Gasteiger partial charge in [0.1, 0.15) is 11.6 Å². The van der Waals surface area contributed by atoms with E-state index in [9.17, 15) is 0 Å². The molecule has 6 nitrogen and oxygen atoms in total. The van der Waals surface area contributed by atoms with Gasteiger partial charge in [0, 0.05) is 22.7 Å². The van der Waals surface area contributed by atoms with Crippen LogP contribution in [0.25, 0.3) is 22.0 Å². The summed E-state index contributed by atoms with van der Waals surface area (Å²) < 4.78 is 16.6. The topological polar surface area (TPSA) is 71.3 Å². The third-order valence-electron chi connectivity index (χ3n) is 4.45. The smallest absolute Gasteiger partial charge is 0.161 e. The van der Waals surface area contributed by atoms with Gasteiger partial charge in [0.15, 0.2) is 11.5 Å². The van der Waals surface area contributed by atoms with E-state index < -0.39 is 0 Å². The zero-order chi connectivity index (χ0) is 19.0. The molecule has 0 atom stereocenters. The van der Waals surface area contributed by atoms with Gasteiger partial charge in [0.2, 0.25) is 0 Å². The molecule has 2 aromatic rings. The molecule has 1 aliphatic heterocycles. The van der Waals surface area contributed by atoms with Crippen molar-refractivity contribution in [2.24, 2.45) is 0 Å². The lowest BCUT2D eigenvalue weighted by molar-refractivity contribution is 0.242. The number of anilines is 2. The maximum absolute atomic E-state index is 5.77. The number of fused-ring (bicyclic) bond motifs is 3. The minimum atomic E-state index is 0.135. The van der Waals surface area contributed by atoms with Gasteiger partial charge in [-0.1, -0.05) is 6.07 Å². The number of H-pyrrole nitrogens is 2. The van der Waals surface area contributed by atoms with Crippen molar-refractivity contribution in [3.63, 3.8) is 0 Å². The molecule has 0 saturated carbocycles. The van der Waals surface area contributed by atoms with Crippen LogP contribution in [-0.2, 0) is 0 Å². The van der Waals surface area contributed by atoms with Crippen LogP contribution in [0.3, 0.4) is 0 Å². The molecule has 0 unspecified atom stereocenters. The average Bonchev–Trinajstić information content (AvgIpc) is 3.19. The standard InChI is InChI=1S/C21H23N3O3/c1-12(2)27-15-7-5-6-14(10-15)22-21-17-8-13-9-18(25-3)19(26-4)11-16(13)20(17)23-24-21/h5-12,22-24H,1-4H3. The van der Waals surface area contributed by atoms with E-state index in [4.69, 9.17) is 14.2 Å². The molecule has 4 rings (SSSR count). The molecule has 1 heterocycles. The highest BCUT2D eigenvalue weighted by atomic mass is 16.5. The number of benzene rings is 2. The first-order valence-corrected chi connectivity index (χ1v) is 8.87. The van der Waals surface area contributed by atoms with Crippen molar-refractivity contribution in [3.05, 3.63) is 42.5 Å². The second-order valence-corrected chi connectivity index (χ2v) is 6.67. The molecule has 0 saturated heterocycles. The van der Waals surface area contributed by atoms with E-state index >= 15 is 0 Å². The molecule has 0 fully saturated rings. The quantitative estimate of drug-likeness (QED) is 0.442. The summed E-state index contributed by atoms with van der Waals surface area (Å²) in [5.41, 5.74) is 3.03. The molecule has 3 N–H and O–H groups in total. The Balaban J connectivity index is 1.69. The Morgan fingerprint density at radius 2 is 1.70 bits per heavy atom. The zero-order valence-corrected chi connectivity index (χ0v) is 15.8. The van der Waals surface area contributed by atoms with Gasteiger partial charge in [0.25, 0.3) is 0 Å². The summed E-state index contributed by atoms with van der Waals surface area (Å²) in [7, 11) is 3.29. The number of methoxy groups -OCH3 is 2. The first kappa shape index (κ1) is 17.1. The number of hydrogen-bond donors (Lipinski definition) is 3. The molecule has 6 heteroatoms. The molecule has 2 aromatic carbocycles. The summed E-state index contributed by atoms with van der Waals surface area (Å²) in [4.78, 5) is 0. The van der Waals surface area contributed by atoms with E-state index in [-0.39, 0.29) is 6.10 Å². The Labute approximate surface area is 157 Å². The van der Waals surface area contributed by atoms with Crippen molar-refractivity contribution in [2.45, 2.75) is 20.0 Å². The van der Waals surface area contributed by atoms with Crippen LogP contribution in [0.4, 0.5) is 11.5 Å². The molecule has 140 valence electrons. The summed E-state index contributed by atoms with van der Waals surface area (Å²) in [5, 5.41) is 12.1. The highest BCUT2D eigenvalue weighted by molar-refractivity contribution is 6.05. The third kappa shape index (κ3) is 3.14. The van der Waals surface area contributed by atoms with E-state index in [0.29, 0.717) is 5.75 Å². The summed E-state index contributed by atoms with van der Waals surface area (Å²) in [6.45, 7) is 4.03. The van der Waals surface area contributed by atoms with Gasteiger partial charge >= 0.3 is 0 Å². The molecule has 0 bridgehead atoms. The highest BCUT2D eigenvalue weighted by Gasteiger charge is 2.19. The number of nitrogens with one attached hydrogen (secondary N) is 3. The second-order valence-electron chi connectivity index (χ2n) is 6.67. The fourth-order valence-electron chi connectivity index (χ4n) is 3.29. The summed E-state index contributed by atoms with van der Waals surface area (Å²) in [6.07, 6.45) is 0.135. The summed E-state index contributed by atoms with van der Waals surface area (Å²) in [5.74, 6) is 3.15. The average molecular weight is 365 g/mol. The molecular weight excluding hydrogens is 342 g/mol. The Morgan fingerprint density at radius 3 is 2.44 bits per heavy atom. The van der Waals surface area contributed by atoms with Crippen LogP contribution in [0.1, 0.15) is 13.8 Å². The van der Waals surface area contributed by atoms with Gasteiger partial charge < -0.3 is 19.5 Å². The number of aromatic amines is 2. The van der Waals surface area contributed by atoms with E-state index in [0.717, 1.165) is 45.0 Å². The highest BCUT2D eigenvalue weighted by Crippen LogP contribution is 2.42. The molecular formula is C21H23N3O3. The molecule has 0 amide bonds. The van der Waals surface area contributed by atoms with Crippen molar-refractivity contribution >= 4 is 22.3 Å².